The maximum absolute atomic E-state index is 12.2. The standard InChI is InChI=1S/C19H24N2O3/c1-13-6-5-7-14(2)19(13)21-18(22)10-11-20-16-9-8-15(23-3)12-17(16)24-4/h5-9,12,20H,10-11H2,1-4H3,(H,21,22). The lowest BCUT2D eigenvalue weighted by Crippen LogP contribution is -2.17. The molecule has 0 bridgehead atoms. The van der Waals surface area contributed by atoms with Crippen molar-refractivity contribution < 1.29 is 14.3 Å². The number of amides is 1. The Balaban J connectivity index is 1.91. The van der Waals surface area contributed by atoms with E-state index in [1.807, 2.05) is 44.2 Å². The quantitative estimate of drug-likeness (QED) is 0.812. The minimum Gasteiger partial charge on any atom is -0.497 e. The van der Waals surface area contributed by atoms with Crippen molar-refractivity contribution >= 4 is 17.3 Å². The van der Waals surface area contributed by atoms with Gasteiger partial charge in [0.2, 0.25) is 5.91 Å². The van der Waals surface area contributed by atoms with Crippen LogP contribution in [0.25, 0.3) is 0 Å². The van der Waals surface area contributed by atoms with E-state index in [0.717, 1.165) is 28.3 Å². The highest BCUT2D eigenvalue weighted by atomic mass is 16.5. The highest BCUT2D eigenvalue weighted by Gasteiger charge is 2.08. The summed E-state index contributed by atoms with van der Waals surface area (Å²) in [5, 5.41) is 6.20. The predicted molar refractivity (Wildman–Crippen MR) is 97.2 cm³/mol. The first-order chi connectivity index (χ1) is 11.5. The van der Waals surface area contributed by atoms with Crippen LogP contribution in [-0.4, -0.2) is 26.7 Å². The molecule has 2 aromatic carbocycles. The molecule has 5 nitrogen and oxygen atoms in total. The van der Waals surface area contributed by atoms with Crippen molar-refractivity contribution in [3.63, 3.8) is 0 Å². The van der Waals surface area contributed by atoms with Crippen LogP contribution in [-0.2, 0) is 4.79 Å². The number of carbonyl (C=O) groups excluding carboxylic acids is 1. The van der Waals surface area contributed by atoms with Crippen molar-refractivity contribution in [3.8, 4) is 11.5 Å². The van der Waals surface area contributed by atoms with Crippen molar-refractivity contribution in [2.75, 3.05) is 31.4 Å². The van der Waals surface area contributed by atoms with Crippen molar-refractivity contribution in [1.82, 2.24) is 0 Å². The van der Waals surface area contributed by atoms with Gasteiger partial charge in [0.15, 0.2) is 0 Å². The van der Waals surface area contributed by atoms with E-state index in [9.17, 15) is 4.79 Å². The third-order valence-corrected chi connectivity index (χ3v) is 3.82. The van der Waals surface area contributed by atoms with E-state index >= 15 is 0 Å². The highest BCUT2D eigenvalue weighted by Crippen LogP contribution is 2.29. The molecule has 0 fully saturated rings. The van der Waals surface area contributed by atoms with Crippen molar-refractivity contribution in [2.24, 2.45) is 0 Å². The Hall–Kier alpha value is -2.69. The molecule has 0 saturated carbocycles. The van der Waals surface area contributed by atoms with Crippen LogP contribution in [0.3, 0.4) is 0 Å². The molecule has 1 amide bonds. The average molecular weight is 328 g/mol. The molecule has 0 saturated heterocycles. The summed E-state index contributed by atoms with van der Waals surface area (Å²) < 4.78 is 10.5. The molecule has 0 aliphatic carbocycles. The number of para-hydroxylation sites is 1. The minimum atomic E-state index is -0.0209. The number of rotatable bonds is 7. The lowest BCUT2D eigenvalue weighted by Gasteiger charge is -2.14. The fraction of sp³-hybridized carbons (Fsp3) is 0.316. The molecule has 0 aromatic heterocycles. The van der Waals surface area contributed by atoms with E-state index in [1.54, 1.807) is 20.3 Å². The summed E-state index contributed by atoms with van der Waals surface area (Å²) in [6, 6.07) is 11.5. The molecule has 0 atom stereocenters. The van der Waals surface area contributed by atoms with Gasteiger partial charge in [0.05, 0.1) is 19.9 Å². The Morgan fingerprint density at radius 2 is 1.75 bits per heavy atom. The number of ether oxygens (including phenoxy) is 2. The van der Waals surface area contributed by atoms with Crippen LogP contribution in [0.4, 0.5) is 11.4 Å². The zero-order chi connectivity index (χ0) is 17.5. The van der Waals surface area contributed by atoms with Crippen molar-refractivity contribution in [2.45, 2.75) is 20.3 Å². The lowest BCUT2D eigenvalue weighted by molar-refractivity contribution is -0.115. The smallest absolute Gasteiger partial charge is 0.226 e. The first-order valence-corrected chi connectivity index (χ1v) is 7.87. The summed E-state index contributed by atoms with van der Waals surface area (Å²) in [7, 11) is 3.22. The molecule has 2 aromatic rings. The van der Waals surface area contributed by atoms with Gasteiger partial charge < -0.3 is 20.1 Å². The fourth-order valence-electron chi connectivity index (χ4n) is 2.47. The molecule has 24 heavy (non-hydrogen) atoms. The van der Waals surface area contributed by atoms with E-state index in [1.165, 1.54) is 0 Å². The van der Waals surface area contributed by atoms with Crippen LogP contribution < -0.4 is 20.1 Å². The van der Waals surface area contributed by atoms with Gasteiger partial charge in [-0.05, 0) is 37.1 Å². The summed E-state index contributed by atoms with van der Waals surface area (Å²) in [5.74, 6) is 1.39. The number of hydrogen-bond donors (Lipinski definition) is 2. The van der Waals surface area contributed by atoms with Crippen LogP contribution in [0.15, 0.2) is 36.4 Å². The number of methoxy groups -OCH3 is 2. The molecular formula is C19H24N2O3. The Bertz CT molecular complexity index is 694. The Kier molecular flexibility index (Phi) is 6.07. The molecule has 0 aliphatic rings. The van der Waals surface area contributed by atoms with Crippen molar-refractivity contribution in [3.05, 3.63) is 47.5 Å². The second kappa shape index (κ2) is 8.24. The molecular weight excluding hydrogens is 304 g/mol. The van der Waals surface area contributed by atoms with E-state index < -0.39 is 0 Å². The molecule has 0 radical (unpaired) electrons. The second-order valence-corrected chi connectivity index (χ2v) is 5.56. The number of benzene rings is 2. The monoisotopic (exact) mass is 328 g/mol. The second-order valence-electron chi connectivity index (χ2n) is 5.56. The van der Waals surface area contributed by atoms with E-state index in [0.29, 0.717) is 18.7 Å². The molecule has 2 N–H and O–H groups in total. The topological polar surface area (TPSA) is 59.6 Å². The van der Waals surface area contributed by atoms with Crippen LogP contribution in [0.1, 0.15) is 17.5 Å². The van der Waals surface area contributed by atoms with Gasteiger partial charge in [-0.1, -0.05) is 18.2 Å². The zero-order valence-electron chi connectivity index (χ0n) is 14.6. The summed E-state index contributed by atoms with van der Waals surface area (Å²) in [6.07, 6.45) is 0.364. The van der Waals surface area contributed by atoms with Gasteiger partial charge in [0.25, 0.3) is 0 Å². The van der Waals surface area contributed by atoms with Gasteiger partial charge in [0, 0.05) is 24.7 Å². The maximum atomic E-state index is 12.2. The number of hydrogen-bond acceptors (Lipinski definition) is 4. The van der Waals surface area contributed by atoms with Crippen LogP contribution >= 0.6 is 0 Å². The summed E-state index contributed by atoms with van der Waals surface area (Å²) in [6.45, 7) is 4.49. The Labute approximate surface area is 143 Å². The SMILES string of the molecule is COc1ccc(NCCC(=O)Nc2c(C)cccc2C)c(OC)c1. The molecule has 0 aliphatic heterocycles. The first-order valence-electron chi connectivity index (χ1n) is 7.87. The van der Waals surface area contributed by atoms with Gasteiger partial charge in [-0.2, -0.15) is 0 Å². The molecule has 5 heteroatoms. The Morgan fingerprint density at radius 1 is 1.04 bits per heavy atom. The van der Waals surface area contributed by atoms with Crippen LogP contribution in [0.2, 0.25) is 0 Å². The van der Waals surface area contributed by atoms with Gasteiger partial charge in [-0.15, -0.1) is 0 Å². The molecule has 0 spiro atoms. The van der Waals surface area contributed by atoms with E-state index in [-0.39, 0.29) is 5.91 Å². The van der Waals surface area contributed by atoms with Crippen LogP contribution in [0, 0.1) is 13.8 Å². The number of anilines is 2. The third-order valence-electron chi connectivity index (χ3n) is 3.82. The lowest BCUT2D eigenvalue weighted by atomic mass is 10.1. The molecule has 128 valence electrons. The largest absolute Gasteiger partial charge is 0.497 e. The maximum Gasteiger partial charge on any atom is 0.226 e. The minimum absolute atomic E-state index is 0.0209. The van der Waals surface area contributed by atoms with Gasteiger partial charge in [-0.25, -0.2) is 0 Å². The number of carbonyl (C=O) groups is 1. The fourth-order valence-corrected chi connectivity index (χ4v) is 2.47. The predicted octanol–water partition coefficient (Wildman–Crippen LogP) is 3.76. The number of aryl methyl sites for hydroxylation is 2. The van der Waals surface area contributed by atoms with Crippen molar-refractivity contribution in [1.29, 1.82) is 0 Å². The normalized spacial score (nSPS) is 10.2. The first kappa shape index (κ1) is 17.7. The summed E-state index contributed by atoms with van der Waals surface area (Å²) in [5.41, 5.74) is 3.85. The van der Waals surface area contributed by atoms with E-state index in [4.69, 9.17) is 9.47 Å². The molecule has 2 rings (SSSR count). The highest BCUT2D eigenvalue weighted by molar-refractivity contribution is 5.92. The third kappa shape index (κ3) is 4.41. The van der Waals surface area contributed by atoms with Gasteiger partial charge in [0.1, 0.15) is 11.5 Å². The van der Waals surface area contributed by atoms with Crippen LogP contribution in [0.5, 0.6) is 11.5 Å². The molecule has 0 heterocycles. The van der Waals surface area contributed by atoms with Gasteiger partial charge in [-0.3, -0.25) is 4.79 Å². The van der Waals surface area contributed by atoms with Gasteiger partial charge >= 0.3 is 0 Å². The summed E-state index contributed by atoms with van der Waals surface area (Å²) in [4.78, 5) is 12.2. The molecule has 0 unspecified atom stereocenters. The summed E-state index contributed by atoms with van der Waals surface area (Å²) >= 11 is 0. The zero-order valence-corrected chi connectivity index (χ0v) is 14.6. The number of nitrogens with one attached hydrogen (secondary N) is 2. The van der Waals surface area contributed by atoms with E-state index in [2.05, 4.69) is 10.6 Å². The Morgan fingerprint density at radius 3 is 2.38 bits per heavy atom. The average Bonchev–Trinajstić information content (AvgIpc) is 2.58.